The zero-order valence-corrected chi connectivity index (χ0v) is 13.8. The third kappa shape index (κ3) is 3.55. The summed E-state index contributed by atoms with van der Waals surface area (Å²) >= 11 is 7.85. The normalized spacial score (nSPS) is 24.2. The number of nitrogens with one attached hydrogen (secondary N) is 1. The Morgan fingerprint density at radius 2 is 2.15 bits per heavy atom. The molecule has 1 aromatic rings. The molecule has 1 aromatic heterocycles. The number of halogens is 1. The lowest BCUT2D eigenvalue weighted by atomic mass is 10.2. The summed E-state index contributed by atoms with van der Waals surface area (Å²) in [7, 11) is 2.21. The number of hydrogen-bond donors (Lipinski definition) is 1. The Balaban J connectivity index is 1.36. The van der Waals surface area contributed by atoms with Crippen LogP contribution in [0, 0.1) is 0 Å². The Morgan fingerprint density at radius 1 is 1.35 bits per heavy atom. The van der Waals surface area contributed by atoms with Crippen LogP contribution in [0.4, 0.5) is 0 Å². The first-order valence-electron chi connectivity index (χ1n) is 7.65. The average molecular weight is 314 g/mol. The molecule has 112 valence electrons. The lowest BCUT2D eigenvalue weighted by Gasteiger charge is -2.32. The molecule has 0 amide bonds. The fraction of sp³-hybridized carbons (Fsp3) is 0.733. The van der Waals surface area contributed by atoms with E-state index in [-0.39, 0.29) is 0 Å². The largest absolute Gasteiger partial charge is 0.310 e. The highest BCUT2D eigenvalue weighted by molar-refractivity contribution is 7.16. The van der Waals surface area contributed by atoms with Crippen molar-refractivity contribution >= 4 is 22.9 Å². The van der Waals surface area contributed by atoms with Crippen LogP contribution in [-0.2, 0) is 6.42 Å². The van der Waals surface area contributed by atoms with Crippen LogP contribution in [-0.4, -0.2) is 56.1 Å². The van der Waals surface area contributed by atoms with Gasteiger partial charge in [-0.3, -0.25) is 0 Å². The molecule has 1 aliphatic heterocycles. The van der Waals surface area contributed by atoms with Gasteiger partial charge >= 0.3 is 0 Å². The van der Waals surface area contributed by atoms with Crippen molar-refractivity contribution in [1.29, 1.82) is 0 Å². The van der Waals surface area contributed by atoms with Crippen LogP contribution in [0.25, 0.3) is 0 Å². The van der Waals surface area contributed by atoms with Crippen molar-refractivity contribution in [2.75, 3.05) is 46.3 Å². The van der Waals surface area contributed by atoms with Crippen LogP contribution in [0.15, 0.2) is 6.07 Å². The second kappa shape index (κ2) is 6.75. The summed E-state index contributed by atoms with van der Waals surface area (Å²) in [5, 5.41) is 3.71. The van der Waals surface area contributed by atoms with E-state index in [4.69, 9.17) is 11.6 Å². The van der Waals surface area contributed by atoms with Crippen LogP contribution in [0.3, 0.4) is 0 Å². The quantitative estimate of drug-likeness (QED) is 0.843. The molecule has 0 bridgehead atoms. The minimum Gasteiger partial charge on any atom is -0.310 e. The van der Waals surface area contributed by atoms with Gasteiger partial charge < -0.3 is 15.1 Å². The summed E-state index contributed by atoms with van der Waals surface area (Å²) in [5.41, 5.74) is 1.46. The van der Waals surface area contributed by atoms with Crippen molar-refractivity contribution in [1.82, 2.24) is 15.1 Å². The molecule has 1 atom stereocenters. The Morgan fingerprint density at radius 3 is 2.95 bits per heavy atom. The molecule has 1 saturated heterocycles. The number of rotatable bonds is 5. The molecule has 20 heavy (non-hydrogen) atoms. The summed E-state index contributed by atoms with van der Waals surface area (Å²) in [4.78, 5) is 6.49. The van der Waals surface area contributed by atoms with Crippen LogP contribution >= 0.6 is 22.9 Å². The van der Waals surface area contributed by atoms with Crippen LogP contribution in [0.2, 0.25) is 4.34 Å². The van der Waals surface area contributed by atoms with Gasteiger partial charge in [0.1, 0.15) is 0 Å². The smallest absolute Gasteiger partial charge is 0.0934 e. The van der Waals surface area contributed by atoms with E-state index in [2.05, 4.69) is 28.2 Å². The van der Waals surface area contributed by atoms with Crippen LogP contribution in [0.1, 0.15) is 29.3 Å². The summed E-state index contributed by atoms with van der Waals surface area (Å²) in [6.07, 6.45) is 3.68. The lowest BCUT2D eigenvalue weighted by Crippen LogP contribution is -2.45. The molecular weight excluding hydrogens is 290 g/mol. The average Bonchev–Trinajstić information content (AvgIpc) is 2.97. The molecule has 0 spiro atoms. The molecule has 0 aromatic carbocycles. The van der Waals surface area contributed by atoms with E-state index in [0.29, 0.717) is 6.04 Å². The van der Waals surface area contributed by atoms with E-state index >= 15 is 0 Å². The van der Waals surface area contributed by atoms with E-state index < -0.39 is 0 Å². The van der Waals surface area contributed by atoms with E-state index in [1.807, 2.05) is 0 Å². The van der Waals surface area contributed by atoms with Gasteiger partial charge in [0.25, 0.3) is 0 Å². The van der Waals surface area contributed by atoms with Crippen molar-refractivity contribution in [2.24, 2.45) is 0 Å². The predicted octanol–water partition coefficient (Wildman–Crippen LogP) is 2.62. The molecule has 5 heteroatoms. The van der Waals surface area contributed by atoms with Gasteiger partial charge in [-0.25, -0.2) is 0 Å². The molecule has 3 nitrogen and oxygen atoms in total. The zero-order chi connectivity index (χ0) is 13.9. The monoisotopic (exact) mass is 313 g/mol. The summed E-state index contributed by atoms with van der Waals surface area (Å²) in [5.74, 6) is 0. The molecule has 1 aliphatic carbocycles. The van der Waals surface area contributed by atoms with E-state index in [1.165, 1.54) is 62.4 Å². The fourth-order valence-corrected chi connectivity index (χ4v) is 4.55. The number of aryl methyl sites for hydroxylation is 1. The Labute approximate surface area is 130 Å². The molecule has 2 aliphatic rings. The number of piperazine rings is 1. The van der Waals surface area contributed by atoms with Gasteiger partial charge in [0.05, 0.1) is 4.34 Å². The second-order valence-electron chi connectivity index (χ2n) is 5.97. The van der Waals surface area contributed by atoms with Gasteiger partial charge in [0.15, 0.2) is 0 Å². The molecule has 1 N–H and O–H groups in total. The number of nitrogens with zero attached hydrogens (tertiary/aromatic N) is 2. The van der Waals surface area contributed by atoms with Crippen molar-refractivity contribution in [2.45, 2.75) is 25.3 Å². The van der Waals surface area contributed by atoms with Gasteiger partial charge in [-0.2, -0.15) is 0 Å². The summed E-state index contributed by atoms with van der Waals surface area (Å²) in [6.45, 7) is 7.22. The van der Waals surface area contributed by atoms with E-state index in [1.54, 1.807) is 11.3 Å². The predicted molar refractivity (Wildman–Crippen MR) is 86.9 cm³/mol. The maximum Gasteiger partial charge on any atom is 0.0934 e. The van der Waals surface area contributed by atoms with Gasteiger partial charge in [-0.05, 0) is 51.0 Å². The van der Waals surface area contributed by atoms with E-state index in [0.717, 1.165) is 10.9 Å². The topological polar surface area (TPSA) is 18.5 Å². The minimum atomic E-state index is 0.543. The van der Waals surface area contributed by atoms with Crippen molar-refractivity contribution < 1.29 is 0 Å². The number of likely N-dealkylation sites (N-methyl/N-ethyl adjacent to an activating group) is 1. The highest BCUT2D eigenvalue weighted by atomic mass is 35.5. The standard InChI is InChI=1S/C15H24ClN3S/c1-18-7-9-19(10-8-18)6-2-5-17-13-3-4-14-12(13)11-15(16)20-14/h11,13,17H,2-10H2,1H3. The van der Waals surface area contributed by atoms with Crippen LogP contribution in [0.5, 0.6) is 0 Å². The maximum atomic E-state index is 6.10. The number of fused-ring (bicyclic) bond motifs is 1. The van der Waals surface area contributed by atoms with Gasteiger partial charge in [-0.15, -0.1) is 11.3 Å². The highest BCUT2D eigenvalue weighted by Gasteiger charge is 2.24. The second-order valence-corrected chi connectivity index (χ2v) is 7.74. The van der Waals surface area contributed by atoms with E-state index in [9.17, 15) is 0 Å². The fourth-order valence-electron chi connectivity index (χ4n) is 3.19. The van der Waals surface area contributed by atoms with Gasteiger partial charge in [-0.1, -0.05) is 11.6 Å². The Hall–Kier alpha value is -0.130. The number of hydrogen-bond acceptors (Lipinski definition) is 4. The molecule has 0 radical (unpaired) electrons. The third-order valence-electron chi connectivity index (χ3n) is 4.48. The molecule has 0 saturated carbocycles. The molecule has 2 heterocycles. The summed E-state index contributed by atoms with van der Waals surface area (Å²) in [6, 6.07) is 2.70. The zero-order valence-electron chi connectivity index (χ0n) is 12.2. The molecular formula is C15H24ClN3S. The summed E-state index contributed by atoms with van der Waals surface area (Å²) < 4.78 is 0.943. The third-order valence-corrected chi connectivity index (χ3v) is 5.82. The molecule has 1 unspecified atom stereocenters. The first-order chi connectivity index (χ1) is 9.72. The SMILES string of the molecule is CN1CCN(CCCNC2CCc3sc(Cl)cc32)CC1. The Kier molecular flexibility index (Phi) is 5.00. The molecule has 1 fully saturated rings. The molecule has 3 rings (SSSR count). The lowest BCUT2D eigenvalue weighted by molar-refractivity contribution is 0.152. The minimum absolute atomic E-state index is 0.543. The first-order valence-corrected chi connectivity index (χ1v) is 8.84. The Bertz CT molecular complexity index is 440. The van der Waals surface area contributed by atoms with Gasteiger partial charge in [0, 0.05) is 37.1 Å². The van der Waals surface area contributed by atoms with Crippen LogP contribution < -0.4 is 5.32 Å². The van der Waals surface area contributed by atoms with Crippen molar-refractivity contribution in [3.8, 4) is 0 Å². The van der Waals surface area contributed by atoms with Crippen molar-refractivity contribution in [3.63, 3.8) is 0 Å². The number of thiophene rings is 1. The maximum absolute atomic E-state index is 6.10. The highest BCUT2D eigenvalue weighted by Crippen LogP contribution is 2.39. The van der Waals surface area contributed by atoms with Crippen molar-refractivity contribution in [3.05, 3.63) is 20.8 Å². The first kappa shape index (κ1) is 14.8. The van der Waals surface area contributed by atoms with Gasteiger partial charge in [0.2, 0.25) is 0 Å².